The van der Waals surface area contributed by atoms with Crippen molar-refractivity contribution < 1.29 is 23.0 Å². The molecule has 0 spiro atoms. The lowest BCUT2D eigenvalue weighted by Gasteiger charge is -2.37. The molecule has 1 heterocycles. The highest BCUT2D eigenvalue weighted by Gasteiger charge is 2.57. The van der Waals surface area contributed by atoms with Crippen LogP contribution < -0.4 is 0 Å². The molecule has 0 radical (unpaired) electrons. The fourth-order valence-electron chi connectivity index (χ4n) is 5.09. The lowest BCUT2D eigenvalue weighted by atomic mass is 9.71. The molecule has 152 valence electrons. The minimum absolute atomic E-state index is 0.139. The van der Waals surface area contributed by atoms with Crippen LogP contribution in [0.25, 0.3) is 0 Å². The molecule has 1 aliphatic heterocycles. The SMILES string of the molecule is CCCCCCOC1CCC2C3CCC(OCCC)C(F)C3OC2C1F. The molecule has 2 aliphatic carbocycles. The molecule has 0 N–H and O–H groups in total. The Morgan fingerprint density at radius 2 is 1.31 bits per heavy atom. The van der Waals surface area contributed by atoms with Crippen molar-refractivity contribution in [2.75, 3.05) is 13.2 Å². The summed E-state index contributed by atoms with van der Waals surface area (Å²) in [6.45, 7) is 5.39. The maximum atomic E-state index is 15.0. The third kappa shape index (κ3) is 4.41. The highest BCUT2D eigenvalue weighted by Crippen LogP contribution is 2.49. The molecule has 5 heteroatoms. The average molecular weight is 375 g/mol. The van der Waals surface area contributed by atoms with Gasteiger partial charge in [-0.1, -0.05) is 33.1 Å². The molecule has 8 unspecified atom stereocenters. The van der Waals surface area contributed by atoms with E-state index >= 15 is 4.39 Å². The number of hydrogen-bond donors (Lipinski definition) is 0. The van der Waals surface area contributed by atoms with Gasteiger partial charge >= 0.3 is 0 Å². The number of rotatable bonds is 9. The topological polar surface area (TPSA) is 27.7 Å². The van der Waals surface area contributed by atoms with Crippen molar-refractivity contribution in [3.05, 3.63) is 0 Å². The van der Waals surface area contributed by atoms with E-state index in [1.54, 1.807) is 0 Å². The van der Waals surface area contributed by atoms with E-state index in [0.717, 1.165) is 44.9 Å². The van der Waals surface area contributed by atoms with Crippen LogP contribution in [0.15, 0.2) is 0 Å². The largest absolute Gasteiger partial charge is 0.375 e. The molecule has 0 aromatic rings. The first-order valence-corrected chi connectivity index (χ1v) is 10.8. The van der Waals surface area contributed by atoms with Gasteiger partial charge in [0.2, 0.25) is 0 Å². The van der Waals surface area contributed by atoms with E-state index in [9.17, 15) is 4.39 Å². The Balaban J connectivity index is 1.52. The van der Waals surface area contributed by atoms with Gasteiger partial charge in [0.05, 0.1) is 24.4 Å². The van der Waals surface area contributed by atoms with Crippen molar-refractivity contribution in [2.45, 2.75) is 108 Å². The summed E-state index contributed by atoms with van der Waals surface area (Å²) in [7, 11) is 0. The van der Waals surface area contributed by atoms with Crippen LogP contribution in [0.3, 0.4) is 0 Å². The Hall–Kier alpha value is -0.260. The zero-order valence-corrected chi connectivity index (χ0v) is 16.4. The van der Waals surface area contributed by atoms with Gasteiger partial charge in [0, 0.05) is 13.2 Å². The van der Waals surface area contributed by atoms with Crippen LogP contribution >= 0.6 is 0 Å². The van der Waals surface area contributed by atoms with Crippen LogP contribution in [0.4, 0.5) is 8.78 Å². The van der Waals surface area contributed by atoms with Gasteiger partial charge in [-0.15, -0.1) is 0 Å². The molecule has 0 bridgehead atoms. The first-order chi connectivity index (χ1) is 12.7. The molecule has 3 rings (SSSR count). The van der Waals surface area contributed by atoms with E-state index in [1.165, 1.54) is 12.8 Å². The van der Waals surface area contributed by atoms with E-state index in [2.05, 4.69) is 6.92 Å². The van der Waals surface area contributed by atoms with Crippen molar-refractivity contribution in [3.8, 4) is 0 Å². The van der Waals surface area contributed by atoms with Crippen LogP contribution in [-0.2, 0) is 14.2 Å². The first-order valence-electron chi connectivity index (χ1n) is 10.8. The number of fused-ring (bicyclic) bond motifs is 3. The maximum absolute atomic E-state index is 15.0. The van der Waals surface area contributed by atoms with Gasteiger partial charge in [0.1, 0.15) is 0 Å². The molecule has 1 saturated heterocycles. The van der Waals surface area contributed by atoms with E-state index in [1.807, 2.05) is 6.92 Å². The highest BCUT2D eigenvalue weighted by molar-refractivity contribution is 5.04. The van der Waals surface area contributed by atoms with Crippen molar-refractivity contribution in [2.24, 2.45) is 11.8 Å². The van der Waals surface area contributed by atoms with E-state index < -0.39 is 24.6 Å². The van der Waals surface area contributed by atoms with Crippen LogP contribution in [0.5, 0.6) is 0 Å². The van der Waals surface area contributed by atoms with Crippen LogP contribution in [0.2, 0.25) is 0 Å². The summed E-state index contributed by atoms with van der Waals surface area (Å²) in [5, 5.41) is 0. The summed E-state index contributed by atoms with van der Waals surface area (Å²) in [5.41, 5.74) is 0. The average Bonchev–Trinajstić information content (AvgIpc) is 3.03. The van der Waals surface area contributed by atoms with Crippen LogP contribution in [0, 0.1) is 11.8 Å². The number of ether oxygens (including phenoxy) is 3. The second-order valence-electron chi connectivity index (χ2n) is 8.32. The van der Waals surface area contributed by atoms with Gasteiger partial charge in [0.15, 0.2) is 12.3 Å². The Kier molecular flexibility index (Phi) is 7.71. The smallest absolute Gasteiger partial charge is 0.152 e. The predicted octanol–water partition coefficient (Wildman–Crippen LogP) is 5.01. The molecule has 3 aliphatic rings. The van der Waals surface area contributed by atoms with Crippen molar-refractivity contribution in [1.29, 1.82) is 0 Å². The lowest BCUT2D eigenvalue weighted by Crippen LogP contribution is -2.45. The number of unbranched alkanes of at least 4 members (excludes halogenated alkanes) is 3. The second-order valence-corrected chi connectivity index (χ2v) is 8.32. The van der Waals surface area contributed by atoms with Gasteiger partial charge in [-0.2, -0.15) is 0 Å². The predicted molar refractivity (Wildman–Crippen MR) is 97.8 cm³/mol. The van der Waals surface area contributed by atoms with Crippen molar-refractivity contribution >= 4 is 0 Å². The molecule has 0 aromatic carbocycles. The molecule has 8 atom stereocenters. The van der Waals surface area contributed by atoms with E-state index in [0.29, 0.717) is 13.2 Å². The van der Waals surface area contributed by atoms with Gasteiger partial charge in [-0.05, 0) is 50.4 Å². The molecule has 26 heavy (non-hydrogen) atoms. The summed E-state index contributed by atoms with van der Waals surface area (Å²) in [6.07, 6.45) is 4.58. The Morgan fingerprint density at radius 3 is 1.85 bits per heavy atom. The summed E-state index contributed by atoms with van der Waals surface area (Å²) >= 11 is 0. The summed E-state index contributed by atoms with van der Waals surface area (Å²) in [6, 6.07) is 0. The molecule has 2 saturated carbocycles. The standard InChI is InChI=1S/C21H36F2O3/c1-3-5-6-7-13-25-17-11-9-15-14-8-10-16(24-12-4-2)18(22)20(14)26-21(15)19(17)23/h14-21H,3-13H2,1-2H3. The van der Waals surface area contributed by atoms with Crippen LogP contribution in [-0.4, -0.2) is 50.0 Å². The molecular weight excluding hydrogens is 338 g/mol. The Morgan fingerprint density at radius 1 is 0.731 bits per heavy atom. The molecule has 3 fully saturated rings. The number of halogens is 2. The normalized spacial score (nSPS) is 42.5. The number of hydrogen-bond acceptors (Lipinski definition) is 3. The van der Waals surface area contributed by atoms with Crippen LogP contribution in [0.1, 0.15) is 71.6 Å². The highest BCUT2D eigenvalue weighted by atomic mass is 19.1. The molecule has 0 amide bonds. The van der Waals surface area contributed by atoms with Crippen molar-refractivity contribution in [3.63, 3.8) is 0 Å². The fourth-order valence-corrected chi connectivity index (χ4v) is 5.09. The monoisotopic (exact) mass is 374 g/mol. The third-order valence-electron chi connectivity index (χ3n) is 6.48. The minimum atomic E-state index is -1.13. The Labute approximate surface area is 157 Å². The van der Waals surface area contributed by atoms with E-state index in [4.69, 9.17) is 14.2 Å². The van der Waals surface area contributed by atoms with Gasteiger partial charge in [0.25, 0.3) is 0 Å². The zero-order valence-electron chi connectivity index (χ0n) is 16.4. The third-order valence-corrected chi connectivity index (χ3v) is 6.48. The Bertz CT molecular complexity index is 422. The summed E-state index contributed by atoms with van der Waals surface area (Å²) in [5.74, 6) is 0.278. The first kappa shape index (κ1) is 20.5. The van der Waals surface area contributed by atoms with E-state index in [-0.39, 0.29) is 24.0 Å². The summed E-state index contributed by atoms with van der Waals surface area (Å²) in [4.78, 5) is 0. The van der Waals surface area contributed by atoms with Gasteiger partial charge in [-0.25, -0.2) is 8.78 Å². The van der Waals surface area contributed by atoms with Gasteiger partial charge in [-0.3, -0.25) is 0 Å². The second kappa shape index (κ2) is 9.79. The molecule has 3 nitrogen and oxygen atoms in total. The minimum Gasteiger partial charge on any atom is -0.375 e. The molecular formula is C21H36F2O3. The van der Waals surface area contributed by atoms with Gasteiger partial charge < -0.3 is 14.2 Å². The maximum Gasteiger partial charge on any atom is 0.152 e. The van der Waals surface area contributed by atoms with Crippen molar-refractivity contribution in [1.82, 2.24) is 0 Å². The fraction of sp³-hybridized carbons (Fsp3) is 1.00. The summed E-state index contributed by atoms with van der Waals surface area (Å²) < 4.78 is 47.4. The number of alkyl halides is 2. The zero-order chi connectivity index (χ0) is 18.5. The lowest BCUT2D eigenvalue weighted by molar-refractivity contribution is -0.133. The quantitative estimate of drug-likeness (QED) is 0.531. The molecule has 0 aromatic heterocycles.